The average Bonchev–Trinajstić information content (AvgIpc) is 3.10. The normalized spacial score (nSPS) is 10.6. The van der Waals surface area contributed by atoms with Gasteiger partial charge < -0.3 is 9.26 Å². The molecule has 0 bridgehead atoms. The predicted molar refractivity (Wildman–Crippen MR) is 86.6 cm³/mol. The topological polar surface area (TPSA) is 65.2 Å². The molecule has 0 aliphatic rings. The van der Waals surface area contributed by atoms with Crippen molar-refractivity contribution in [2.75, 3.05) is 5.75 Å². The summed E-state index contributed by atoms with van der Waals surface area (Å²) in [6, 6.07) is 12.2. The van der Waals surface area contributed by atoms with E-state index in [-0.39, 0.29) is 23.1 Å². The molecule has 0 amide bonds. The largest absolute Gasteiger partial charge is 0.455 e. The monoisotopic (exact) mass is 362 g/mol. The lowest BCUT2D eigenvalue weighted by Gasteiger charge is -2.03. The predicted octanol–water partition coefficient (Wildman–Crippen LogP) is 3.85. The lowest BCUT2D eigenvalue weighted by molar-refractivity contribution is -0.142. The molecule has 1 aromatic heterocycles. The van der Waals surface area contributed by atoms with Crippen LogP contribution in [0.1, 0.15) is 5.89 Å². The number of ether oxygens (including phenoxy) is 1. The first-order valence-corrected chi connectivity index (χ1v) is 8.22. The van der Waals surface area contributed by atoms with E-state index in [9.17, 15) is 13.6 Å². The summed E-state index contributed by atoms with van der Waals surface area (Å²) >= 11 is 0.850. The number of rotatable bonds is 6. The Labute approximate surface area is 146 Å². The second kappa shape index (κ2) is 7.89. The van der Waals surface area contributed by atoms with Crippen molar-refractivity contribution in [2.45, 2.75) is 11.5 Å². The van der Waals surface area contributed by atoms with Crippen LogP contribution in [0.3, 0.4) is 0 Å². The number of hydrogen-bond acceptors (Lipinski definition) is 6. The zero-order valence-corrected chi connectivity index (χ0v) is 13.6. The Kier molecular flexibility index (Phi) is 5.39. The van der Waals surface area contributed by atoms with Gasteiger partial charge in [-0.05, 0) is 18.2 Å². The van der Waals surface area contributed by atoms with Crippen LogP contribution in [0.4, 0.5) is 8.78 Å². The van der Waals surface area contributed by atoms with Gasteiger partial charge in [0.25, 0.3) is 5.89 Å². The first-order chi connectivity index (χ1) is 12.1. The zero-order chi connectivity index (χ0) is 17.6. The Bertz CT molecular complexity index is 871. The molecule has 5 nitrogen and oxygen atoms in total. The molecule has 0 saturated heterocycles. The van der Waals surface area contributed by atoms with E-state index in [4.69, 9.17) is 9.26 Å². The van der Waals surface area contributed by atoms with E-state index in [0.717, 1.165) is 35.5 Å². The van der Waals surface area contributed by atoms with Crippen LogP contribution in [-0.2, 0) is 16.1 Å². The fraction of sp³-hybridized carbons (Fsp3) is 0.118. The number of carbonyl (C=O) groups is 1. The molecule has 0 fully saturated rings. The smallest absolute Gasteiger partial charge is 0.316 e. The number of nitrogens with zero attached hydrogens (tertiary/aromatic N) is 2. The van der Waals surface area contributed by atoms with E-state index in [1.807, 2.05) is 30.3 Å². The summed E-state index contributed by atoms with van der Waals surface area (Å²) in [5, 5.41) is 3.81. The van der Waals surface area contributed by atoms with Gasteiger partial charge in [-0.3, -0.25) is 4.79 Å². The van der Waals surface area contributed by atoms with Crippen molar-refractivity contribution in [2.24, 2.45) is 0 Å². The molecule has 0 atom stereocenters. The Balaban J connectivity index is 1.51. The van der Waals surface area contributed by atoms with Crippen LogP contribution in [-0.4, -0.2) is 21.9 Å². The summed E-state index contributed by atoms with van der Waals surface area (Å²) in [5.41, 5.74) is 0.779. The quantitative estimate of drug-likeness (QED) is 0.490. The minimum Gasteiger partial charge on any atom is -0.455 e. The number of carbonyl (C=O) groups excluding carboxylic acids is 1. The van der Waals surface area contributed by atoms with Gasteiger partial charge in [0.2, 0.25) is 5.82 Å². The molecule has 3 rings (SSSR count). The molecule has 0 aliphatic heterocycles. The van der Waals surface area contributed by atoms with E-state index < -0.39 is 17.6 Å². The van der Waals surface area contributed by atoms with Crippen LogP contribution >= 0.6 is 11.8 Å². The Hall–Kier alpha value is -2.74. The number of esters is 1. The van der Waals surface area contributed by atoms with Crippen molar-refractivity contribution in [3.8, 4) is 11.4 Å². The van der Waals surface area contributed by atoms with Crippen molar-refractivity contribution >= 4 is 17.7 Å². The second-order valence-electron chi connectivity index (χ2n) is 4.90. The van der Waals surface area contributed by atoms with Gasteiger partial charge in [0.15, 0.2) is 6.61 Å². The highest BCUT2D eigenvalue weighted by Crippen LogP contribution is 2.23. The second-order valence-corrected chi connectivity index (χ2v) is 5.92. The summed E-state index contributed by atoms with van der Waals surface area (Å²) in [7, 11) is 0. The molecule has 0 unspecified atom stereocenters. The molecular formula is C17H12F2N2O3S. The van der Waals surface area contributed by atoms with Crippen molar-refractivity contribution in [1.29, 1.82) is 0 Å². The van der Waals surface area contributed by atoms with E-state index in [2.05, 4.69) is 10.1 Å². The number of thioether (sulfide) groups is 1. The van der Waals surface area contributed by atoms with Crippen LogP contribution in [0.25, 0.3) is 11.4 Å². The third-order valence-corrected chi connectivity index (χ3v) is 4.10. The van der Waals surface area contributed by atoms with Gasteiger partial charge in [0, 0.05) is 10.5 Å². The summed E-state index contributed by atoms with van der Waals surface area (Å²) in [6.45, 7) is -0.190. The first-order valence-electron chi connectivity index (χ1n) is 7.23. The van der Waals surface area contributed by atoms with Gasteiger partial charge in [-0.2, -0.15) is 4.98 Å². The van der Waals surface area contributed by atoms with Gasteiger partial charge in [-0.1, -0.05) is 35.5 Å². The molecule has 8 heteroatoms. The van der Waals surface area contributed by atoms with E-state index in [1.54, 1.807) is 0 Å². The molecule has 2 aromatic carbocycles. The summed E-state index contributed by atoms with van der Waals surface area (Å²) in [4.78, 5) is 15.9. The molecule has 0 radical (unpaired) electrons. The summed E-state index contributed by atoms with van der Waals surface area (Å²) in [6.07, 6.45) is 0. The van der Waals surface area contributed by atoms with Gasteiger partial charge in [-0.15, -0.1) is 11.8 Å². The Morgan fingerprint density at radius 3 is 2.76 bits per heavy atom. The van der Waals surface area contributed by atoms with Crippen LogP contribution in [0.2, 0.25) is 0 Å². The highest BCUT2D eigenvalue weighted by atomic mass is 32.2. The highest BCUT2D eigenvalue weighted by Gasteiger charge is 2.12. The molecule has 0 N–H and O–H groups in total. The number of benzene rings is 2. The SMILES string of the molecule is O=C(CSc1cc(F)ccc1F)OCc1nc(-c2ccccc2)no1. The fourth-order valence-corrected chi connectivity index (χ4v) is 2.68. The number of aromatic nitrogens is 2. The lowest BCUT2D eigenvalue weighted by Crippen LogP contribution is -2.07. The maximum atomic E-state index is 13.5. The van der Waals surface area contributed by atoms with Crippen molar-refractivity contribution in [3.63, 3.8) is 0 Å². The van der Waals surface area contributed by atoms with Crippen LogP contribution < -0.4 is 0 Å². The molecule has 0 saturated carbocycles. The Morgan fingerprint density at radius 2 is 1.96 bits per heavy atom. The third-order valence-electron chi connectivity index (χ3n) is 3.10. The standard InChI is InChI=1S/C17H12F2N2O3S/c18-12-6-7-13(19)14(8-12)25-10-16(22)23-9-15-20-17(21-24-15)11-4-2-1-3-5-11/h1-8H,9-10H2. The van der Waals surface area contributed by atoms with Gasteiger partial charge in [0.05, 0.1) is 5.75 Å². The van der Waals surface area contributed by atoms with Gasteiger partial charge >= 0.3 is 5.97 Å². The molecule has 1 heterocycles. The van der Waals surface area contributed by atoms with Crippen LogP contribution in [0.5, 0.6) is 0 Å². The lowest BCUT2D eigenvalue weighted by atomic mass is 10.2. The van der Waals surface area contributed by atoms with E-state index in [0.29, 0.717) is 5.82 Å². The average molecular weight is 362 g/mol. The molecule has 0 aliphatic carbocycles. The third kappa shape index (κ3) is 4.63. The summed E-state index contributed by atoms with van der Waals surface area (Å²) < 4.78 is 36.5. The molecule has 3 aromatic rings. The number of halogens is 2. The van der Waals surface area contributed by atoms with Gasteiger partial charge in [-0.25, -0.2) is 8.78 Å². The van der Waals surface area contributed by atoms with Crippen molar-refractivity contribution < 1.29 is 22.8 Å². The molecular weight excluding hydrogens is 350 g/mol. The summed E-state index contributed by atoms with van der Waals surface area (Å²) in [5.74, 6) is -1.40. The molecule has 0 spiro atoms. The first kappa shape index (κ1) is 17.1. The van der Waals surface area contributed by atoms with E-state index in [1.165, 1.54) is 0 Å². The minimum atomic E-state index is -0.604. The van der Waals surface area contributed by atoms with Crippen LogP contribution in [0.15, 0.2) is 57.9 Å². The molecule has 128 valence electrons. The highest BCUT2D eigenvalue weighted by molar-refractivity contribution is 8.00. The van der Waals surface area contributed by atoms with Crippen molar-refractivity contribution in [1.82, 2.24) is 10.1 Å². The zero-order valence-electron chi connectivity index (χ0n) is 12.8. The van der Waals surface area contributed by atoms with Gasteiger partial charge in [0.1, 0.15) is 11.6 Å². The van der Waals surface area contributed by atoms with Crippen molar-refractivity contribution in [3.05, 3.63) is 66.1 Å². The molecule has 25 heavy (non-hydrogen) atoms. The minimum absolute atomic E-state index is 0.0427. The maximum absolute atomic E-state index is 13.5. The fourth-order valence-electron chi connectivity index (χ4n) is 1.93. The number of hydrogen-bond donors (Lipinski definition) is 0. The van der Waals surface area contributed by atoms with E-state index >= 15 is 0 Å². The Morgan fingerprint density at radius 1 is 1.16 bits per heavy atom. The maximum Gasteiger partial charge on any atom is 0.316 e. The van der Waals surface area contributed by atoms with Crippen LogP contribution in [0, 0.1) is 11.6 Å².